The van der Waals surface area contributed by atoms with E-state index in [1.807, 2.05) is 30.3 Å². The first kappa shape index (κ1) is 17.2. The Labute approximate surface area is 136 Å². The molecule has 0 aliphatic carbocycles. The largest absolute Gasteiger partial charge is 0.445 e. The van der Waals surface area contributed by atoms with E-state index in [0.717, 1.165) is 24.8 Å². The Morgan fingerprint density at radius 1 is 1.22 bits per heavy atom. The second-order valence-electron chi connectivity index (χ2n) is 5.56. The van der Waals surface area contributed by atoms with Crippen molar-refractivity contribution in [1.29, 1.82) is 0 Å². The summed E-state index contributed by atoms with van der Waals surface area (Å²) in [6, 6.07) is 8.77. The average molecular weight is 320 g/mol. The van der Waals surface area contributed by atoms with Crippen molar-refractivity contribution in [2.75, 3.05) is 6.54 Å². The molecule has 4 N–H and O–H groups in total. The van der Waals surface area contributed by atoms with E-state index in [2.05, 4.69) is 21.5 Å². The molecule has 1 heterocycles. The molecule has 1 fully saturated rings. The highest BCUT2D eigenvalue weighted by Crippen LogP contribution is 2.03. The monoisotopic (exact) mass is 320 g/mol. The van der Waals surface area contributed by atoms with Crippen molar-refractivity contribution in [2.24, 2.45) is 0 Å². The lowest BCUT2D eigenvalue weighted by Gasteiger charge is -2.14. The van der Waals surface area contributed by atoms with Crippen LogP contribution in [0.15, 0.2) is 30.3 Å². The number of benzene rings is 1. The smallest absolute Gasteiger partial charge is 0.408 e. The van der Waals surface area contributed by atoms with Gasteiger partial charge in [-0.25, -0.2) is 15.6 Å². The molecular formula is C16H24N4O3. The van der Waals surface area contributed by atoms with E-state index in [1.165, 1.54) is 0 Å². The summed E-state index contributed by atoms with van der Waals surface area (Å²) in [5.41, 5.74) is 6.90. The minimum absolute atomic E-state index is 0.185. The van der Waals surface area contributed by atoms with E-state index >= 15 is 0 Å². The first-order valence-corrected chi connectivity index (χ1v) is 7.91. The van der Waals surface area contributed by atoms with Gasteiger partial charge in [-0.2, -0.15) is 0 Å². The third-order valence-electron chi connectivity index (χ3n) is 3.51. The maximum atomic E-state index is 11.9. The van der Waals surface area contributed by atoms with E-state index in [4.69, 9.17) is 4.74 Å². The van der Waals surface area contributed by atoms with E-state index in [0.29, 0.717) is 12.7 Å². The lowest BCUT2D eigenvalue weighted by molar-refractivity contribution is -0.122. The standard InChI is InChI=1S/C16H24N4O3/c1-12(15(21)17-10-6-5-9-14-19-20-14)18-16(22)23-11-13-7-3-2-4-8-13/h2-4,7-8,12,14,19-20H,5-6,9-11H2,1H3,(H,17,21)(H,18,22)/t12-/m0/s1. The van der Waals surface area contributed by atoms with Crippen LogP contribution in [-0.4, -0.2) is 30.8 Å². The van der Waals surface area contributed by atoms with Gasteiger partial charge < -0.3 is 15.4 Å². The minimum atomic E-state index is -0.620. The molecule has 1 aliphatic rings. The summed E-state index contributed by atoms with van der Waals surface area (Å²) < 4.78 is 5.08. The lowest BCUT2D eigenvalue weighted by Crippen LogP contribution is -2.45. The van der Waals surface area contributed by atoms with Gasteiger partial charge >= 0.3 is 6.09 Å². The second kappa shape index (κ2) is 9.12. The van der Waals surface area contributed by atoms with Crippen LogP contribution in [-0.2, 0) is 16.1 Å². The van der Waals surface area contributed by atoms with Gasteiger partial charge in [0.05, 0.1) is 6.17 Å². The number of alkyl carbamates (subject to hydrolysis) is 1. The second-order valence-corrected chi connectivity index (χ2v) is 5.56. The molecule has 1 atom stereocenters. The van der Waals surface area contributed by atoms with E-state index < -0.39 is 12.1 Å². The molecule has 0 bridgehead atoms. The molecule has 1 aliphatic heterocycles. The number of amides is 2. The van der Waals surface area contributed by atoms with Crippen molar-refractivity contribution in [3.63, 3.8) is 0 Å². The van der Waals surface area contributed by atoms with Crippen molar-refractivity contribution in [3.8, 4) is 0 Å². The van der Waals surface area contributed by atoms with Crippen molar-refractivity contribution in [2.45, 2.75) is 45.0 Å². The molecule has 0 spiro atoms. The number of ether oxygens (including phenoxy) is 1. The van der Waals surface area contributed by atoms with E-state index in [1.54, 1.807) is 6.92 Å². The van der Waals surface area contributed by atoms with Gasteiger partial charge in [0, 0.05) is 6.54 Å². The van der Waals surface area contributed by atoms with Gasteiger partial charge in [0.15, 0.2) is 0 Å². The van der Waals surface area contributed by atoms with Gasteiger partial charge in [-0.1, -0.05) is 30.3 Å². The Morgan fingerprint density at radius 3 is 2.65 bits per heavy atom. The number of carbonyl (C=O) groups excluding carboxylic acids is 2. The molecule has 1 aromatic carbocycles. The zero-order chi connectivity index (χ0) is 16.5. The zero-order valence-corrected chi connectivity index (χ0v) is 13.3. The van der Waals surface area contributed by atoms with Crippen LogP contribution in [0.25, 0.3) is 0 Å². The molecular weight excluding hydrogens is 296 g/mol. The number of rotatable bonds is 9. The molecule has 126 valence electrons. The van der Waals surface area contributed by atoms with Crippen LogP contribution in [0.5, 0.6) is 0 Å². The number of hydrazine groups is 1. The van der Waals surface area contributed by atoms with Gasteiger partial charge in [-0.05, 0) is 31.7 Å². The van der Waals surface area contributed by atoms with Gasteiger partial charge in [-0.15, -0.1) is 0 Å². The average Bonchev–Trinajstić information content (AvgIpc) is 3.37. The first-order chi connectivity index (χ1) is 11.1. The van der Waals surface area contributed by atoms with Crippen LogP contribution in [0.2, 0.25) is 0 Å². The van der Waals surface area contributed by atoms with Crippen molar-refractivity contribution < 1.29 is 14.3 Å². The third-order valence-corrected chi connectivity index (χ3v) is 3.51. The summed E-state index contributed by atoms with van der Waals surface area (Å²) in [6.45, 7) is 2.43. The molecule has 1 saturated heterocycles. The predicted molar refractivity (Wildman–Crippen MR) is 86.1 cm³/mol. The molecule has 0 saturated carbocycles. The molecule has 1 aromatic rings. The van der Waals surface area contributed by atoms with Gasteiger partial charge in [-0.3, -0.25) is 4.79 Å². The van der Waals surface area contributed by atoms with E-state index in [9.17, 15) is 9.59 Å². The molecule has 0 radical (unpaired) electrons. The summed E-state index contributed by atoms with van der Waals surface area (Å²) in [4.78, 5) is 23.5. The Balaban J connectivity index is 1.55. The summed E-state index contributed by atoms with van der Waals surface area (Å²) in [6.07, 6.45) is 2.84. The third kappa shape index (κ3) is 7.12. The quantitative estimate of drug-likeness (QED) is 0.401. The number of carbonyl (C=O) groups is 2. The van der Waals surface area contributed by atoms with Crippen LogP contribution < -0.4 is 21.5 Å². The Morgan fingerprint density at radius 2 is 1.96 bits per heavy atom. The molecule has 7 nitrogen and oxygen atoms in total. The SMILES string of the molecule is C[C@H](NC(=O)OCc1ccccc1)C(=O)NCCCCC1NN1. The fourth-order valence-corrected chi connectivity index (χ4v) is 2.05. The Hall–Kier alpha value is -2.12. The highest BCUT2D eigenvalue weighted by Gasteiger charge is 2.18. The maximum absolute atomic E-state index is 11.9. The van der Waals surface area contributed by atoms with Crippen molar-refractivity contribution in [3.05, 3.63) is 35.9 Å². The molecule has 2 amide bonds. The van der Waals surface area contributed by atoms with Crippen LogP contribution >= 0.6 is 0 Å². The van der Waals surface area contributed by atoms with Crippen LogP contribution in [0.3, 0.4) is 0 Å². The summed E-state index contributed by atoms with van der Waals surface area (Å²) >= 11 is 0. The van der Waals surface area contributed by atoms with Gasteiger partial charge in [0.25, 0.3) is 0 Å². The van der Waals surface area contributed by atoms with Gasteiger partial charge in [0.2, 0.25) is 5.91 Å². The molecule has 7 heteroatoms. The molecule has 2 rings (SSSR count). The summed E-state index contributed by atoms with van der Waals surface area (Å²) in [5.74, 6) is -0.204. The lowest BCUT2D eigenvalue weighted by atomic mass is 10.2. The minimum Gasteiger partial charge on any atom is -0.445 e. The first-order valence-electron chi connectivity index (χ1n) is 7.91. The van der Waals surface area contributed by atoms with Crippen LogP contribution in [0.1, 0.15) is 31.7 Å². The number of hydrogen-bond acceptors (Lipinski definition) is 5. The van der Waals surface area contributed by atoms with Crippen LogP contribution in [0, 0.1) is 0 Å². The number of nitrogens with one attached hydrogen (secondary N) is 4. The van der Waals surface area contributed by atoms with Crippen molar-refractivity contribution >= 4 is 12.0 Å². The van der Waals surface area contributed by atoms with E-state index in [-0.39, 0.29) is 12.5 Å². The Bertz CT molecular complexity index is 505. The summed E-state index contributed by atoms with van der Waals surface area (Å²) in [5, 5.41) is 5.33. The molecule has 0 unspecified atom stereocenters. The normalized spacial score (nSPS) is 14.8. The zero-order valence-electron chi connectivity index (χ0n) is 13.3. The van der Waals surface area contributed by atoms with Crippen molar-refractivity contribution in [1.82, 2.24) is 21.5 Å². The highest BCUT2D eigenvalue weighted by molar-refractivity contribution is 5.85. The maximum Gasteiger partial charge on any atom is 0.408 e. The summed E-state index contributed by atoms with van der Waals surface area (Å²) in [7, 11) is 0. The fraction of sp³-hybridized carbons (Fsp3) is 0.500. The topological polar surface area (TPSA) is 111 Å². The van der Waals surface area contributed by atoms with Gasteiger partial charge in [0.1, 0.15) is 12.6 Å². The highest BCUT2D eigenvalue weighted by atomic mass is 16.5. The molecule has 23 heavy (non-hydrogen) atoms. The Kier molecular flexibility index (Phi) is 6.83. The number of hydrogen-bond donors (Lipinski definition) is 4. The molecule has 0 aromatic heterocycles. The van der Waals surface area contributed by atoms with Crippen LogP contribution in [0.4, 0.5) is 4.79 Å². The predicted octanol–water partition coefficient (Wildman–Crippen LogP) is 1.02. The number of unbranched alkanes of at least 4 members (excludes halogenated alkanes) is 1. The fourth-order valence-electron chi connectivity index (χ4n) is 2.05.